The normalized spacial score (nSPS) is 12.7. The van der Waals surface area contributed by atoms with Gasteiger partial charge in [0.15, 0.2) is 11.6 Å². The zero-order valence-corrected chi connectivity index (χ0v) is 10.2. The Balaban J connectivity index is 2.45. The first-order valence-electron chi connectivity index (χ1n) is 4.78. The van der Waals surface area contributed by atoms with Crippen molar-refractivity contribution in [2.24, 2.45) is 5.84 Å². The van der Waals surface area contributed by atoms with Crippen LogP contribution in [0.3, 0.4) is 0 Å². The molecule has 6 heteroatoms. The predicted octanol–water partition coefficient (Wildman–Crippen LogP) is 3.23. The summed E-state index contributed by atoms with van der Waals surface area (Å²) >= 11 is 7.07. The molecule has 0 saturated heterocycles. The molecule has 2 rings (SSSR count). The summed E-state index contributed by atoms with van der Waals surface area (Å²) in [5.74, 6) is 3.59. The zero-order chi connectivity index (χ0) is 12.4. The first kappa shape index (κ1) is 12.4. The van der Waals surface area contributed by atoms with Gasteiger partial charge in [0.2, 0.25) is 0 Å². The number of hydrogen-bond donors (Lipinski definition) is 2. The van der Waals surface area contributed by atoms with Gasteiger partial charge in [0, 0.05) is 10.4 Å². The molecule has 2 nitrogen and oxygen atoms in total. The molecule has 1 aromatic carbocycles. The Bertz CT molecular complexity index is 530. The van der Waals surface area contributed by atoms with E-state index >= 15 is 0 Å². The monoisotopic (exact) mass is 274 g/mol. The second kappa shape index (κ2) is 5.10. The van der Waals surface area contributed by atoms with Crippen molar-refractivity contribution in [3.8, 4) is 0 Å². The second-order valence-corrected chi connectivity index (χ2v) is 5.13. The van der Waals surface area contributed by atoms with Crippen LogP contribution in [0, 0.1) is 11.6 Å². The van der Waals surface area contributed by atoms with E-state index in [9.17, 15) is 8.78 Å². The van der Waals surface area contributed by atoms with Crippen molar-refractivity contribution in [3.05, 3.63) is 56.7 Å². The van der Waals surface area contributed by atoms with Crippen LogP contribution in [-0.4, -0.2) is 0 Å². The minimum Gasteiger partial charge on any atom is -0.271 e. The lowest BCUT2D eigenvalue weighted by Crippen LogP contribution is -2.29. The average Bonchev–Trinajstić information content (AvgIpc) is 2.72. The van der Waals surface area contributed by atoms with Gasteiger partial charge < -0.3 is 0 Å². The van der Waals surface area contributed by atoms with Gasteiger partial charge in [0.25, 0.3) is 0 Å². The Morgan fingerprint density at radius 3 is 2.59 bits per heavy atom. The molecule has 1 unspecified atom stereocenters. The van der Waals surface area contributed by atoms with Crippen LogP contribution < -0.4 is 11.3 Å². The lowest BCUT2D eigenvalue weighted by molar-refractivity contribution is 0.484. The molecule has 17 heavy (non-hydrogen) atoms. The molecule has 0 aliphatic carbocycles. The lowest BCUT2D eigenvalue weighted by atomic mass is 10.1. The highest BCUT2D eigenvalue weighted by atomic mass is 35.5. The molecule has 0 radical (unpaired) electrons. The van der Waals surface area contributed by atoms with Crippen molar-refractivity contribution in [2.75, 3.05) is 0 Å². The summed E-state index contributed by atoms with van der Waals surface area (Å²) in [6.07, 6.45) is 0. The maximum Gasteiger partial charge on any atom is 0.164 e. The number of hydrogen-bond acceptors (Lipinski definition) is 3. The summed E-state index contributed by atoms with van der Waals surface area (Å²) in [5.41, 5.74) is 2.62. The van der Waals surface area contributed by atoms with E-state index in [0.717, 1.165) is 10.9 Å². The Labute approximate surface area is 106 Å². The number of benzene rings is 1. The highest BCUT2D eigenvalue weighted by Gasteiger charge is 2.20. The van der Waals surface area contributed by atoms with E-state index in [0.29, 0.717) is 4.34 Å². The van der Waals surface area contributed by atoms with Crippen LogP contribution in [0.25, 0.3) is 0 Å². The van der Waals surface area contributed by atoms with Crippen molar-refractivity contribution in [2.45, 2.75) is 6.04 Å². The van der Waals surface area contributed by atoms with Gasteiger partial charge in [-0.1, -0.05) is 23.7 Å². The average molecular weight is 275 g/mol. The van der Waals surface area contributed by atoms with Crippen molar-refractivity contribution in [1.82, 2.24) is 5.43 Å². The number of thiophene rings is 1. The summed E-state index contributed by atoms with van der Waals surface area (Å²) in [4.78, 5) is 0.724. The maximum atomic E-state index is 13.6. The second-order valence-electron chi connectivity index (χ2n) is 3.38. The molecule has 0 bridgehead atoms. The van der Waals surface area contributed by atoms with Crippen molar-refractivity contribution >= 4 is 22.9 Å². The summed E-state index contributed by atoms with van der Waals surface area (Å²) < 4.78 is 27.3. The molecule has 90 valence electrons. The fourth-order valence-electron chi connectivity index (χ4n) is 1.55. The highest BCUT2D eigenvalue weighted by Crippen LogP contribution is 2.32. The Morgan fingerprint density at radius 2 is 2.00 bits per heavy atom. The molecule has 1 heterocycles. The summed E-state index contributed by atoms with van der Waals surface area (Å²) in [6.45, 7) is 0. The maximum absolute atomic E-state index is 13.6. The van der Waals surface area contributed by atoms with Crippen LogP contribution in [0.5, 0.6) is 0 Å². The Kier molecular flexibility index (Phi) is 3.73. The topological polar surface area (TPSA) is 38.0 Å². The van der Waals surface area contributed by atoms with E-state index in [-0.39, 0.29) is 5.56 Å². The largest absolute Gasteiger partial charge is 0.271 e. The molecule has 0 amide bonds. The van der Waals surface area contributed by atoms with Crippen LogP contribution in [0.1, 0.15) is 16.5 Å². The van der Waals surface area contributed by atoms with E-state index < -0.39 is 17.7 Å². The van der Waals surface area contributed by atoms with Gasteiger partial charge >= 0.3 is 0 Å². The SMILES string of the molecule is NNC(c1ccc(Cl)s1)c1cccc(F)c1F. The van der Waals surface area contributed by atoms with Crippen molar-refractivity contribution < 1.29 is 8.78 Å². The standard InChI is InChI=1S/C11H9ClF2N2S/c12-9-5-4-8(17-9)11(16-15)6-2-1-3-7(13)10(6)14/h1-5,11,16H,15H2. The van der Waals surface area contributed by atoms with Crippen LogP contribution in [-0.2, 0) is 0 Å². The Hall–Kier alpha value is -1.01. The quantitative estimate of drug-likeness (QED) is 0.666. The van der Waals surface area contributed by atoms with Crippen LogP contribution in [0.15, 0.2) is 30.3 Å². The molecule has 0 fully saturated rings. The molecule has 0 aliphatic rings. The van der Waals surface area contributed by atoms with E-state index in [1.165, 1.54) is 23.5 Å². The molecular weight excluding hydrogens is 266 g/mol. The smallest absolute Gasteiger partial charge is 0.164 e. The van der Waals surface area contributed by atoms with E-state index in [4.69, 9.17) is 17.4 Å². The summed E-state index contributed by atoms with van der Waals surface area (Å²) in [5, 5.41) is 0. The number of nitrogens with one attached hydrogen (secondary N) is 1. The van der Waals surface area contributed by atoms with Gasteiger partial charge in [-0.2, -0.15) is 0 Å². The third kappa shape index (κ3) is 2.47. The third-order valence-corrected chi connectivity index (χ3v) is 3.63. The van der Waals surface area contributed by atoms with Gasteiger partial charge in [-0.3, -0.25) is 5.84 Å². The van der Waals surface area contributed by atoms with Crippen molar-refractivity contribution in [1.29, 1.82) is 0 Å². The van der Waals surface area contributed by atoms with Gasteiger partial charge in [0.1, 0.15) is 0 Å². The first-order chi connectivity index (χ1) is 8.13. The van der Waals surface area contributed by atoms with Gasteiger partial charge in [-0.05, 0) is 18.2 Å². The number of halogens is 3. The predicted molar refractivity (Wildman–Crippen MR) is 64.9 cm³/mol. The molecule has 0 aliphatic heterocycles. The highest BCUT2D eigenvalue weighted by molar-refractivity contribution is 7.16. The van der Waals surface area contributed by atoms with E-state index in [1.54, 1.807) is 12.1 Å². The fourth-order valence-corrected chi connectivity index (χ4v) is 2.69. The van der Waals surface area contributed by atoms with Crippen LogP contribution in [0.2, 0.25) is 4.34 Å². The summed E-state index contributed by atoms with van der Waals surface area (Å²) in [6, 6.07) is 6.78. The van der Waals surface area contributed by atoms with Crippen molar-refractivity contribution in [3.63, 3.8) is 0 Å². The van der Waals surface area contributed by atoms with Gasteiger partial charge in [0.05, 0.1) is 10.4 Å². The lowest BCUT2D eigenvalue weighted by Gasteiger charge is -2.15. The number of rotatable bonds is 3. The number of nitrogens with two attached hydrogens (primary N) is 1. The molecule has 1 aromatic heterocycles. The van der Waals surface area contributed by atoms with Crippen LogP contribution in [0.4, 0.5) is 8.78 Å². The summed E-state index contributed by atoms with van der Waals surface area (Å²) in [7, 11) is 0. The minimum absolute atomic E-state index is 0.158. The Morgan fingerprint density at radius 1 is 1.24 bits per heavy atom. The molecular formula is C11H9ClF2N2S. The molecule has 1 atom stereocenters. The first-order valence-corrected chi connectivity index (χ1v) is 5.98. The van der Waals surface area contributed by atoms with Gasteiger partial charge in [-0.25, -0.2) is 14.2 Å². The van der Waals surface area contributed by atoms with E-state index in [1.807, 2.05) is 0 Å². The fraction of sp³-hybridized carbons (Fsp3) is 0.0909. The third-order valence-electron chi connectivity index (χ3n) is 2.34. The molecule has 0 saturated carbocycles. The van der Waals surface area contributed by atoms with E-state index in [2.05, 4.69) is 5.43 Å². The molecule has 2 aromatic rings. The minimum atomic E-state index is -0.903. The zero-order valence-electron chi connectivity index (χ0n) is 8.58. The van der Waals surface area contributed by atoms with Crippen LogP contribution >= 0.6 is 22.9 Å². The molecule has 3 N–H and O–H groups in total. The molecule has 0 spiro atoms. The van der Waals surface area contributed by atoms with Gasteiger partial charge in [-0.15, -0.1) is 11.3 Å². The number of hydrazine groups is 1.